The zero-order valence-corrected chi connectivity index (χ0v) is 9.43. The van der Waals surface area contributed by atoms with Gasteiger partial charge in [-0.2, -0.15) is 0 Å². The predicted molar refractivity (Wildman–Crippen MR) is 61.2 cm³/mol. The molecule has 1 aromatic heterocycles. The zero-order chi connectivity index (χ0) is 13.5. The molecule has 0 aromatic carbocycles. The van der Waals surface area contributed by atoms with E-state index >= 15 is 0 Å². The predicted octanol–water partition coefficient (Wildman–Crippen LogP) is -0.389. The molecule has 18 heavy (non-hydrogen) atoms. The molecule has 8 nitrogen and oxygen atoms in total. The molecule has 4 N–H and O–H groups in total. The standard InChI is InChI=1S/C10H13N3O5/c1-2-3-18-10(17)12-7(9(15)16)4-6-5-11-13-8(6)14/h2,5,7H,1,3-4H2,(H,12,17)(H,15,16)(H2,11,13,14)/t7-/m1/s1. The molecular weight excluding hydrogens is 242 g/mol. The molecule has 1 atom stereocenters. The van der Waals surface area contributed by atoms with Gasteiger partial charge in [0.25, 0.3) is 5.56 Å². The van der Waals surface area contributed by atoms with Gasteiger partial charge in [-0.05, 0) is 0 Å². The summed E-state index contributed by atoms with van der Waals surface area (Å²) in [6.07, 6.45) is 1.67. The quantitative estimate of drug-likeness (QED) is 0.515. The largest absolute Gasteiger partial charge is 0.480 e. The number of alkyl carbamates (subject to hydrolysis) is 1. The number of hydrogen-bond donors (Lipinski definition) is 4. The summed E-state index contributed by atoms with van der Waals surface area (Å²) in [5.74, 6) is -1.26. The van der Waals surface area contributed by atoms with Gasteiger partial charge in [0.1, 0.15) is 12.6 Å². The Morgan fingerprint density at radius 3 is 2.83 bits per heavy atom. The number of aliphatic carboxylic acids is 1. The van der Waals surface area contributed by atoms with Crippen molar-refractivity contribution < 1.29 is 19.4 Å². The van der Waals surface area contributed by atoms with E-state index in [-0.39, 0.29) is 18.6 Å². The maximum absolute atomic E-state index is 11.2. The number of carboxylic acid groups (broad SMARTS) is 1. The van der Waals surface area contributed by atoms with Gasteiger partial charge in [0, 0.05) is 18.2 Å². The third-order valence-electron chi connectivity index (χ3n) is 2.07. The first-order chi connectivity index (χ1) is 8.54. The van der Waals surface area contributed by atoms with Crippen LogP contribution in [0.4, 0.5) is 4.79 Å². The molecule has 98 valence electrons. The number of amides is 1. The first-order valence-corrected chi connectivity index (χ1v) is 5.06. The van der Waals surface area contributed by atoms with Crippen molar-refractivity contribution in [1.29, 1.82) is 0 Å². The Balaban J connectivity index is 2.63. The fraction of sp³-hybridized carbons (Fsp3) is 0.300. The molecule has 8 heteroatoms. The average Bonchev–Trinajstić information content (AvgIpc) is 2.71. The van der Waals surface area contributed by atoms with Crippen molar-refractivity contribution in [2.45, 2.75) is 12.5 Å². The summed E-state index contributed by atoms with van der Waals surface area (Å²) in [5, 5.41) is 15.8. The van der Waals surface area contributed by atoms with E-state index in [2.05, 4.69) is 26.8 Å². The van der Waals surface area contributed by atoms with Crippen LogP contribution < -0.4 is 10.9 Å². The molecule has 0 saturated carbocycles. The Labute approximate surface area is 102 Å². The van der Waals surface area contributed by atoms with Crippen LogP contribution in [0.3, 0.4) is 0 Å². The van der Waals surface area contributed by atoms with Gasteiger partial charge in [0.05, 0.1) is 0 Å². The molecule has 0 bridgehead atoms. The fourth-order valence-corrected chi connectivity index (χ4v) is 1.22. The molecule has 0 aliphatic heterocycles. The number of aromatic amines is 2. The van der Waals surface area contributed by atoms with Crippen molar-refractivity contribution in [2.75, 3.05) is 6.61 Å². The Morgan fingerprint density at radius 1 is 1.61 bits per heavy atom. The van der Waals surface area contributed by atoms with E-state index in [1.165, 1.54) is 12.3 Å². The van der Waals surface area contributed by atoms with Crippen molar-refractivity contribution in [2.24, 2.45) is 0 Å². The smallest absolute Gasteiger partial charge is 0.408 e. The number of rotatable bonds is 6. The van der Waals surface area contributed by atoms with Gasteiger partial charge in [-0.25, -0.2) is 9.59 Å². The van der Waals surface area contributed by atoms with Crippen LogP contribution in [-0.2, 0) is 16.0 Å². The molecule has 0 aliphatic rings. The number of carboxylic acids is 1. The van der Waals surface area contributed by atoms with Gasteiger partial charge in [-0.15, -0.1) is 0 Å². The molecule has 1 aromatic rings. The number of H-pyrrole nitrogens is 2. The minimum atomic E-state index is -1.26. The second-order valence-corrected chi connectivity index (χ2v) is 3.39. The lowest BCUT2D eigenvalue weighted by atomic mass is 10.1. The minimum Gasteiger partial charge on any atom is -0.480 e. The van der Waals surface area contributed by atoms with E-state index < -0.39 is 23.7 Å². The molecule has 1 rings (SSSR count). The van der Waals surface area contributed by atoms with Crippen LogP contribution in [0.1, 0.15) is 5.56 Å². The highest BCUT2D eigenvalue weighted by molar-refractivity contribution is 5.80. The SMILES string of the molecule is C=CCOC(=O)N[C@H](Cc1c[nH][nH]c1=O)C(=O)O. The fourth-order valence-electron chi connectivity index (χ4n) is 1.22. The van der Waals surface area contributed by atoms with E-state index in [0.29, 0.717) is 0 Å². The van der Waals surface area contributed by atoms with E-state index in [1.54, 1.807) is 0 Å². The Hall–Kier alpha value is -2.51. The Kier molecular flexibility index (Phi) is 4.73. The first-order valence-electron chi connectivity index (χ1n) is 5.06. The third kappa shape index (κ3) is 3.81. The maximum Gasteiger partial charge on any atom is 0.408 e. The van der Waals surface area contributed by atoms with Gasteiger partial charge in [0.2, 0.25) is 0 Å². The lowest BCUT2D eigenvalue weighted by Gasteiger charge is -2.12. The molecule has 1 heterocycles. The third-order valence-corrected chi connectivity index (χ3v) is 2.07. The van der Waals surface area contributed by atoms with Gasteiger partial charge in [-0.3, -0.25) is 9.89 Å². The normalized spacial score (nSPS) is 11.6. The van der Waals surface area contributed by atoms with Crippen molar-refractivity contribution >= 4 is 12.1 Å². The second-order valence-electron chi connectivity index (χ2n) is 3.39. The van der Waals surface area contributed by atoms with Crippen molar-refractivity contribution in [3.8, 4) is 0 Å². The first kappa shape index (κ1) is 13.6. The monoisotopic (exact) mass is 255 g/mol. The molecule has 0 spiro atoms. The van der Waals surface area contributed by atoms with Crippen LogP contribution in [0.15, 0.2) is 23.6 Å². The van der Waals surface area contributed by atoms with Crippen LogP contribution in [0, 0.1) is 0 Å². The van der Waals surface area contributed by atoms with Gasteiger partial charge in [0.15, 0.2) is 0 Å². The second kappa shape index (κ2) is 6.28. The van der Waals surface area contributed by atoms with Crippen LogP contribution >= 0.6 is 0 Å². The summed E-state index contributed by atoms with van der Waals surface area (Å²) in [7, 11) is 0. The van der Waals surface area contributed by atoms with Crippen molar-refractivity contribution in [1.82, 2.24) is 15.5 Å². The van der Waals surface area contributed by atoms with Gasteiger partial charge >= 0.3 is 12.1 Å². The van der Waals surface area contributed by atoms with E-state index in [9.17, 15) is 14.4 Å². The highest BCUT2D eigenvalue weighted by Gasteiger charge is 2.22. The lowest BCUT2D eigenvalue weighted by molar-refractivity contribution is -0.139. The number of nitrogens with one attached hydrogen (secondary N) is 3. The summed E-state index contributed by atoms with van der Waals surface area (Å²) >= 11 is 0. The number of carbonyl (C=O) groups is 2. The van der Waals surface area contributed by atoms with E-state index in [4.69, 9.17) is 5.11 Å². The number of ether oxygens (including phenoxy) is 1. The molecule has 0 radical (unpaired) electrons. The molecule has 0 aliphatic carbocycles. The molecular formula is C10H13N3O5. The molecule has 1 amide bonds. The number of aromatic nitrogens is 2. The van der Waals surface area contributed by atoms with Gasteiger partial charge < -0.3 is 20.3 Å². The maximum atomic E-state index is 11.2. The Morgan fingerprint density at radius 2 is 2.33 bits per heavy atom. The van der Waals surface area contributed by atoms with Crippen LogP contribution in [0.5, 0.6) is 0 Å². The van der Waals surface area contributed by atoms with Crippen LogP contribution in [-0.4, -0.2) is 40.0 Å². The Bertz CT molecular complexity index is 490. The van der Waals surface area contributed by atoms with E-state index in [0.717, 1.165) is 0 Å². The van der Waals surface area contributed by atoms with Crippen LogP contribution in [0.25, 0.3) is 0 Å². The highest BCUT2D eigenvalue weighted by Crippen LogP contribution is 1.97. The molecule has 0 unspecified atom stereocenters. The van der Waals surface area contributed by atoms with Crippen molar-refractivity contribution in [3.05, 3.63) is 34.8 Å². The van der Waals surface area contributed by atoms with Crippen molar-refractivity contribution in [3.63, 3.8) is 0 Å². The summed E-state index contributed by atoms with van der Waals surface area (Å²) in [4.78, 5) is 33.3. The summed E-state index contributed by atoms with van der Waals surface area (Å²) < 4.78 is 4.60. The minimum absolute atomic E-state index is 0.0249. The molecule has 0 fully saturated rings. The molecule has 0 saturated heterocycles. The summed E-state index contributed by atoms with van der Waals surface area (Å²) in [6.45, 7) is 3.32. The van der Waals surface area contributed by atoms with Gasteiger partial charge in [-0.1, -0.05) is 12.7 Å². The lowest BCUT2D eigenvalue weighted by Crippen LogP contribution is -2.43. The van der Waals surface area contributed by atoms with Crippen LogP contribution in [0.2, 0.25) is 0 Å². The topological polar surface area (TPSA) is 124 Å². The average molecular weight is 255 g/mol. The highest BCUT2D eigenvalue weighted by atomic mass is 16.5. The zero-order valence-electron chi connectivity index (χ0n) is 9.43. The summed E-state index contributed by atoms with van der Waals surface area (Å²) in [5.41, 5.74) is -0.200. The number of carbonyl (C=O) groups excluding carboxylic acids is 1. The van der Waals surface area contributed by atoms with E-state index in [1.807, 2.05) is 0 Å². The number of hydrogen-bond acceptors (Lipinski definition) is 4. The summed E-state index contributed by atoms with van der Waals surface area (Å²) in [6, 6.07) is -1.24.